The van der Waals surface area contributed by atoms with Crippen molar-refractivity contribution in [3.63, 3.8) is 0 Å². The molecule has 0 bridgehead atoms. The molecular formula is C72H98O9Si2. The molecule has 0 radical (unpaired) electrons. The summed E-state index contributed by atoms with van der Waals surface area (Å²) < 4.78 is 55.6. The zero-order valence-electron chi connectivity index (χ0n) is 52.2. The fourth-order valence-electron chi connectivity index (χ4n) is 10.7. The first kappa shape index (κ1) is 65.5. The topological polar surface area (TPSA) is 94.1 Å². The minimum Gasteiger partial charge on any atom is -0.497 e. The molecule has 1 N–H and O–H groups in total. The van der Waals surface area contributed by atoms with Crippen molar-refractivity contribution in [2.45, 2.75) is 185 Å². The van der Waals surface area contributed by atoms with Crippen molar-refractivity contribution in [2.75, 3.05) is 20.3 Å². The largest absolute Gasteiger partial charge is 0.497 e. The van der Waals surface area contributed by atoms with Crippen LogP contribution in [0.4, 0.5) is 0 Å². The van der Waals surface area contributed by atoms with Gasteiger partial charge in [0.2, 0.25) is 0 Å². The van der Waals surface area contributed by atoms with Crippen molar-refractivity contribution in [2.24, 2.45) is 11.8 Å². The van der Waals surface area contributed by atoms with Crippen LogP contribution in [0, 0.1) is 11.8 Å². The summed E-state index contributed by atoms with van der Waals surface area (Å²) in [5, 5.41) is 12.8. The van der Waals surface area contributed by atoms with Crippen LogP contribution in [0.15, 0.2) is 188 Å². The number of hydrogen-bond donors (Lipinski definition) is 1. The molecule has 9 nitrogen and oxygen atoms in total. The molecule has 0 spiro atoms. The highest BCUT2D eigenvalue weighted by atomic mass is 28.4. The average molecular weight is 1160 g/mol. The first-order valence-corrected chi connectivity index (χ1v) is 36.1. The molecule has 6 aromatic rings. The second-order valence-electron chi connectivity index (χ2n) is 26.0. The first-order valence-electron chi connectivity index (χ1n) is 30.2. The van der Waals surface area contributed by atoms with Crippen LogP contribution in [0.2, 0.25) is 36.3 Å². The number of benzene rings is 6. The monoisotopic (exact) mass is 1160 g/mol. The van der Waals surface area contributed by atoms with Gasteiger partial charge in [0.1, 0.15) is 29.7 Å². The molecule has 1 aliphatic rings. The van der Waals surface area contributed by atoms with E-state index < -0.39 is 52.8 Å². The summed E-state index contributed by atoms with van der Waals surface area (Å²) in [6, 6.07) is 60.2. The normalized spacial score (nSPS) is 19.6. The van der Waals surface area contributed by atoms with Gasteiger partial charge in [-0.3, -0.25) is 0 Å². The molecule has 1 aliphatic heterocycles. The molecule has 9 atom stereocenters. The Hall–Kier alpha value is -5.03. The minimum absolute atomic E-state index is 0.0371. The van der Waals surface area contributed by atoms with Gasteiger partial charge in [0.15, 0.2) is 16.6 Å². The third-order valence-electron chi connectivity index (χ3n) is 18.0. The highest BCUT2D eigenvalue weighted by Crippen LogP contribution is 2.44. The molecule has 0 amide bonds. The van der Waals surface area contributed by atoms with Crippen LogP contribution in [0.3, 0.4) is 0 Å². The van der Waals surface area contributed by atoms with E-state index in [1.54, 1.807) is 7.11 Å². The van der Waals surface area contributed by atoms with Crippen LogP contribution in [0.5, 0.6) is 5.75 Å². The van der Waals surface area contributed by atoms with E-state index in [1.165, 1.54) is 0 Å². The summed E-state index contributed by atoms with van der Waals surface area (Å²) in [4.78, 5) is 0. The number of hydrogen-bond acceptors (Lipinski definition) is 9. The van der Waals surface area contributed by atoms with E-state index in [1.807, 2.05) is 48.5 Å². The standard InChI is InChI=1S/C72H98O9Si2/c1-53(66(73)67-55(3)68(76-50-56-32-20-15-21-33-56)69(77-51-57-34-22-16-23-35-57)65(80-67)52-79-82(11,12)70(4,5)6)48-64(81-83(13,14)71(7,8)9)54(2)63(75-49-58-43-45-62(74-10)46-44-58)42-30-31-47-78-72(59-36-24-17-25-37-59,60-38-26-18-27-39-60)61-40-28-19-29-41-61/h15-29,32-41,43-46,54-55,63-69,73H,1,30-31,42,47-52H2,2-14H3/t54-,55-,63+,64-,65+,66-,67+,68+,69+/m0/s1. The van der Waals surface area contributed by atoms with Gasteiger partial charge in [-0.25, -0.2) is 0 Å². The van der Waals surface area contributed by atoms with E-state index in [0.29, 0.717) is 45.0 Å². The molecule has 0 unspecified atom stereocenters. The Kier molecular flexibility index (Phi) is 23.6. The van der Waals surface area contributed by atoms with Crippen LogP contribution >= 0.6 is 0 Å². The van der Waals surface area contributed by atoms with Crippen LogP contribution in [-0.2, 0) is 58.0 Å². The quantitative estimate of drug-likeness (QED) is 0.0205. The Bertz CT molecular complexity index is 2720. The Balaban J connectivity index is 1.17. The summed E-state index contributed by atoms with van der Waals surface area (Å²) in [5.41, 5.74) is 6.23. The molecule has 83 heavy (non-hydrogen) atoms. The second-order valence-corrected chi connectivity index (χ2v) is 35.6. The molecule has 448 valence electrons. The van der Waals surface area contributed by atoms with Crippen LogP contribution in [0.1, 0.15) is 114 Å². The average Bonchev–Trinajstić information content (AvgIpc) is 3.50. The third-order valence-corrected chi connectivity index (χ3v) is 27.0. The van der Waals surface area contributed by atoms with Crippen molar-refractivity contribution in [1.82, 2.24) is 0 Å². The van der Waals surface area contributed by atoms with Gasteiger partial charge in [-0.1, -0.05) is 226 Å². The summed E-state index contributed by atoms with van der Waals surface area (Å²) >= 11 is 0. The number of aliphatic hydroxyl groups excluding tert-OH is 1. The van der Waals surface area contributed by atoms with E-state index in [-0.39, 0.29) is 34.1 Å². The number of unbranched alkanes of at least 4 members (excludes halogenated alkanes) is 1. The predicted octanol–water partition coefficient (Wildman–Crippen LogP) is 16.7. The van der Waals surface area contributed by atoms with Gasteiger partial charge in [0.05, 0.1) is 58.0 Å². The van der Waals surface area contributed by atoms with E-state index in [9.17, 15) is 5.11 Å². The summed E-state index contributed by atoms with van der Waals surface area (Å²) in [7, 11) is -3.02. The smallest absolute Gasteiger partial charge is 0.192 e. The molecule has 1 saturated heterocycles. The summed E-state index contributed by atoms with van der Waals surface area (Å²) in [6.45, 7) is 33.8. The predicted molar refractivity (Wildman–Crippen MR) is 343 cm³/mol. The maximum Gasteiger partial charge on any atom is 0.192 e. The van der Waals surface area contributed by atoms with Crippen molar-refractivity contribution in [1.29, 1.82) is 0 Å². The van der Waals surface area contributed by atoms with Crippen molar-refractivity contribution in [3.05, 3.63) is 221 Å². The highest BCUT2D eigenvalue weighted by molar-refractivity contribution is 6.74. The molecule has 0 aliphatic carbocycles. The summed E-state index contributed by atoms with van der Waals surface area (Å²) in [6.07, 6.45) is -1.03. The number of ether oxygens (including phenoxy) is 6. The fraction of sp³-hybridized carbons (Fsp3) is 0.472. The van der Waals surface area contributed by atoms with Crippen molar-refractivity contribution < 1.29 is 42.4 Å². The molecule has 0 aromatic heterocycles. The number of rotatable bonds is 30. The van der Waals surface area contributed by atoms with Crippen molar-refractivity contribution in [3.8, 4) is 5.75 Å². The second kappa shape index (κ2) is 29.9. The number of aliphatic hydroxyl groups is 1. The van der Waals surface area contributed by atoms with Gasteiger partial charge >= 0.3 is 0 Å². The molecular weight excluding hydrogens is 1060 g/mol. The molecule has 1 heterocycles. The zero-order chi connectivity index (χ0) is 59.8. The molecule has 7 rings (SSSR count). The van der Waals surface area contributed by atoms with Crippen LogP contribution < -0.4 is 4.74 Å². The lowest BCUT2D eigenvalue weighted by atomic mass is 9.80. The van der Waals surface area contributed by atoms with E-state index >= 15 is 0 Å². The van der Waals surface area contributed by atoms with E-state index in [0.717, 1.165) is 58.4 Å². The number of methoxy groups -OCH3 is 1. The Morgan fingerprint density at radius 2 is 1.05 bits per heavy atom. The Morgan fingerprint density at radius 3 is 1.52 bits per heavy atom. The maximum absolute atomic E-state index is 13.0. The molecule has 6 aromatic carbocycles. The lowest BCUT2D eigenvalue weighted by Crippen LogP contribution is -2.60. The van der Waals surface area contributed by atoms with Gasteiger partial charge in [-0.2, -0.15) is 0 Å². The van der Waals surface area contributed by atoms with Gasteiger partial charge in [-0.15, -0.1) is 0 Å². The zero-order valence-corrected chi connectivity index (χ0v) is 54.2. The van der Waals surface area contributed by atoms with Gasteiger partial charge in [0, 0.05) is 18.4 Å². The first-order chi connectivity index (χ1) is 39.5. The Morgan fingerprint density at radius 1 is 0.590 bits per heavy atom. The van der Waals surface area contributed by atoms with Gasteiger partial charge in [0.25, 0.3) is 0 Å². The maximum atomic E-state index is 13.0. The van der Waals surface area contributed by atoms with E-state index in [4.69, 9.17) is 43.9 Å². The minimum atomic E-state index is -2.44. The SMILES string of the molecule is C=C(C[C@H](O[Si](C)(C)C(C)(C)C)[C@@H](C)[C@@H](CCCCOC(c1ccccc1)(c1ccccc1)c1ccccc1)OCc1ccc(OC)cc1)[C@H](O)[C@@H]1O[C@H](CO[Si](C)(C)C(C)(C)C)[C@@H](OCc2ccccc2)[C@H](OCc2ccccc2)[C@H]1C. The van der Waals surface area contributed by atoms with Crippen LogP contribution in [0.25, 0.3) is 0 Å². The van der Waals surface area contributed by atoms with Crippen LogP contribution in [-0.4, -0.2) is 84.8 Å². The fourth-order valence-corrected chi connectivity index (χ4v) is 13.1. The Labute approximate surface area is 501 Å². The summed E-state index contributed by atoms with van der Waals surface area (Å²) in [5.74, 6) is 0.378. The lowest BCUT2D eigenvalue weighted by molar-refractivity contribution is -0.250. The lowest BCUT2D eigenvalue weighted by Gasteiger charge is -2.48. The van der Waals surface area contributed by atoms with E-state index in [2.05, 4.69) is 209 Å². The highest BCUT2D eigenvalue weighted by Gasteiger charge is 2.50. The third kappa shape index (κ3) is 17.3. The molecule has 0 saturated carbocycles. The molecule has 11 heteroatoms. The molecule has 1 fully saturated rings. The van der Waals surface area contributed by atoms with Crippen molar-refractivity contribution >= 4 is 16.6 Å². The van der Waals surface area contributed by atoms with Gasteiger partial charge < -0.3 is 42.4 Å². The van der Waals surface area contributed by atoms with Gasteiger partial charge in [-0.05, 0) is 113 Å².